The Balaban J connectivity index is 1.48. The Kier molecular flexibility index (Phi) is 8.65. The Bertz CT molecular complexity index is 1390. The van der Waals surface area contributed by atoms with Gasteiger partial charge in [-0.15, -0.1) is 10.2 Å². The van der Waals surface area contributed by atoms with Gasteiger partial charge in [-0.1, -0.05) is 73.6 Å². The molecule has 4 aromatic rings. The third-order valence-corrected chi connectivity index (χ3v) is 7.44. The van der Waals surface area contributed by atoms with Gasteiger partial charge >= 0.3 is 0 Å². The summed E-state index contributed by atoms with van der Waals surface area (Å²) in [7, 11) is 0. The summed E-state index contributed by atoms with van der Waals surface area (Å²) < 4.78 is 19.4. The first-order chi connectivity index (χ1) is 18.7. The number of ether oxygens (including phenoxy) is 3. The summed E-state index contributed by atoms with van der Waals surface area (Å²) in [6.45, 7) is 5.05. The van der Waals surface area contributed by atoms with E-state index in [1.165, 1.54) is 0 Å². The molecule has 7 nitrogen and oxygen atoms in total. The first kappa shape index (κ1) is 26.3. The van der Waals surface area contributed by atoms with Gasteiger partial charge in [0.25, 0.3) is 0 Å². The van der Waals surface area contributed by atoms with Gasteiger partial charge in [-0.25, -0.2) is 0 Å². The second-order valence-electron chi connectivity index (χ2n) is 8.68. The maximum absolute atomic E-state index is 6.47. The van der Waals surface area contributed by atoms with Crippen molar-refractivity contribution in [2.45, 2.75) is 44.7 Å². The van der Waals surface area contributed by atoms with E-state index in [0.29, 0.717) is 41.4 Å². The van der Waals surface area contributed by atoms with Crippen molar-refractivity contribution in [1.82, 2.24) is 15.2 Å². The summed E-state index contributed by atoms with van der Waals surface area (Å²) in [6, 6.07) is 21.9. The third-order valence-electron chi connectivity index (χ3n) is 5.92. The number of nitrogens with one attached hydrogen (secondary N) is 1. The topological polar surface area (TPSA) is 78.4 Å². The molecule has 9 heteroatoms. The van der Waals surface area contributed by atoms with Gasteiger partial charge in [0, 0.05) is 22.6 Å². The molecule has 0 spiro atoms. The Morgan fingerprint density at radius 3 is 2.63 bits per heavy atom. The Labute approximate surface area is 235 Å². The fourth-order valence-corrected chi connectivity index (χ4v) is 5.47. The van der Waals surface area contributed by atoms with Crippen LogP contribution in [0.3, 0.4) is 0 Å². The van der Waals surface area contributed by atoms with Gasteiger partial charge in [0.2, 0.25) is 11.0 Å². The largest absolute Gasteiger partial charge is 0.490 e. The Hall–Kier alpha value is -3.30. The van der Waals surface area contributed by atoms with Gasteiger partial charge in [-0.05, 0) is 53.0 Å². The van der Waals surface area contributed by atoms with Crippen LogP contribution in [0.5, 0.6) is 17.4 Å². The molecule has 1 N–H and O–H groups in total. The number of halogens is 1. The molecule has 38 heavy (non-hydrogen) atoms. The minimum atomic E-state index is -0.540. The van der Waals surface area contributed by atoms with E-state index in [0.717, 1.165) is 45.4 Å². The summed E-state index contributed by atoms with van der Waals surface area (Å²) in [5, 5.41) is 13.0. The molecule has 0 saturated heterocycles. The molecule has 1 unspecified atom stereocenters. The molecule has 0 amide bonds. The highest BCUT2D eigenvalue weighted by Gasteiger charge is 2.27. The van der Waals surface area contributed by atoms with Gasteiger partial charge in [0.05, 0.1) is 11.1 Å². The molecule has 3 aromatic carbocycles. The predicted octanol–water partition coefficient (Wildman–Crippen LogP) is 7.67. The quantitative estimate of drug-likeness (QED) is 0.148. The van der Waals surface area contributed by atoms with Crippen molar-refractivity contribution >= 4 is 33.4 Å². The van der Waals surface area contributed by atoms with Crippen molar-refractivity contribution in [3.63, 3.8) is 0 Å². The summed E-state index contributed by atoms with van der Waals surface area (Å²) in [5.74, 6) is 2.66. The summed E-state index contributed by atoms with van der Waals surface area (Å²) >= 11 is 5.30. The van der Waals surface area contributed by atoms with E-state index in [2.05, 4.69) is 38.4 Å². The van der Waals surface area contributed by atoms with Crippen LogP contribution in [-0.2, 0) is 6.61 Å². The molecule has 0 radical (unpaired) electrons. The van der Waals surface area contributed by atoms with Gasteiger partial charge < -0.3 is 19.5 Å². The standard InChI is InChI=1S/C29H29BrN4O3S/c1-3-5-15-38-29-32-28-25(33-34-29)21-13-9-10-14-23(21)31-27(37-28)20-16-22(30)26(24(17-20)35-4-2)36-18-19-11-7-6-8-12-19/h6-14,16-17,27,31H,3-5,15,18H2,1-2H3. The minimum absolute atomic E-state index is 0.429. The zero-order valence-electron chi connectivity index (χ0n) is 21.3. The van der Waals surface area contributed by atoms with Crippen LogP contribution in [0, 0.1) is 0 Å². The van der Waals surface area contributed by atoms with Gasteiger partial charge in [0.15, 0.2) is 23.4 Å². The van der Waals surface area contributed by atoms with E-state index in [-0.39, 0.29) is 0 Å². The van der Waals surface area contributed by atoms with E-state index in [1.807, 2.05) is 73.7 Å². The second kappa shape index (κ2) is 12.5. The normalized spacial score (nSPS) is 13.9. The van der Waals surface area contributed by atoms with Gasteiger partial charge in [0.1, 0.15) is 6.61 Å². The molecule has 0 saturated carbocycles. The van der Waals surface area contributed by atoms with Crippen molar-refractivity contribution in [3.05, 3.63) is 82.3 Å². The number of para-hydroxylation sites is 1. The molecule has 0 bridgehead atoms. The Morgan fingerprint density at radius 2 is 1.82 bits per heavy atom. The molecular formula is C29H29BrN4O3S. The van der Waals surface area contributed by atoms with Crippen molar-refractivity contribution in [3.8, 4) is 28.6 Å². The number of anilines is 1. The number of aromatic nitrogens is 3. The molecule has 2 heterocycles. The van der Waals surface area contributed by atoms with Crippen molar-refractivity contribution in [1.29, 1.82) is 0 Å². The first-order valence-electron chi connectivity index (χ1n) is 12.7. The molecular weight excluding hydrogens is 564 g/mol. The maximum Gasteiger partial charge on any atom is 0.247 e. The fourth-order valence-electron chi connectivity index (χ4n) is 4.04. The van der Waals surface area contributed by atoms with E-state index < -0.39 is 6.23 Å². The highest BCUT2D eigenvalue weighted by Crippen LogP contribution is 2.43. The Morgan fingerprint density at radius 1 is 1.00 bits per heavy atom. The lowest BCUT2D eigenvalue weighted by atomic mass is 10.1. The lowest BCUT2D eigenvalue weighted by Crippen LogP contribution is -2.17. The SMILES string of the molecule is CCCCSc1nnc2c(n1)OC(c1cc(Br)c(OCc3ccccc3)c(OCC)c1)Nc1ccccc1-2. The maximum atomic E-state index is 6.47. The molecule has 196 valence electrons. The summed E-state index contributed by atoms with van der Waals surface area (Å²) in [6.07, 6.45) is 1.66. The molecule has 1 atom stereocenters. The summed E-state index contributed by atoms with van der Waals surface area (Å²) in [4.78, 5) is 4.74. The van der Waals surface area contributed by atoms with E-state index >= 15 is 0 Å². The van der Waals surface area contributed by atoms with Crippen LogP contribution < -0.4 is 19.5 Å². The molecule has 1 aliphatic heterocycles. The average molecular weight is 594 g/mol. The number of hydrogen-bond donors (Lipinski definition) is 1. The highest BCUT2D eigenvalue weighted by molar-refractivity contribution is 9.10. The molecule has 0 aliphatic carbocycles. The van der Waals surface area contributed by atoms with Crippen LogP contribution in [0.4, 0.5) is 5.69 Å². The van der Waals surface area contributed by atoms with E-state index in [9.17, 15) is 0 Å². The van der Waals surface area contributed by atoms with E-state index in [1.54, 1.807) is 11.8 Å². The van der Waals surface area contributed by atoms with Crippen LogP contribution >= 0.6 is 27.7 Å². The number of thioether (sulfide) groups is 1. The lowest BCUT2D eigenvalue weighted by molar-refractivity contribution is 0.223. The molecule has 1 aliphatic rings. The molecule has 5 rings (SSSR count). The van der Waals surface area contributed by atoms with Crippen molar-refractivity contribution < 1.29 is 14.2 Å². The number of unbranched alkanes of at least 4 members (excludes halogenated alkanes) is 1. The highest BCUT2D eigenvalue weighted by atomic mass is 79.9. The van der Waals surface area contributed by atoms with Crippen LogP contribution in [0.1, 0.15) is 44.0 Å². The smallest absolute Gasteiger partial charge is 0.247 e. The number of rotatable bonds is 10. The second-order valence-corrected chi connectivity index (χ2v) is 10.6. The average Bonchev–Trinajstić information content (AvgIpc) is 3.10. The van der Waals surface area contributed by atoms with Crippen molar-refractivity contribution in [2.24, 2.45) is 0 Å². The monoisotopic (exact) mass is 592 g/mol. The first-order valence-corrected chi connectivity index (χ1v) is 14.5. The lowest BCUT2D eigenvalue weighted by Gasteiger charge is -2.22. The zero-order valence-corrected chi connectivity index (χ0v) is 23.7. The van der Waals surface area contributed by atoms with Gasteiger partial charge in [-0.2, -0.15) is 4.98 Å². The summed E-state index contributed by atoms with van der Waals surface area (Å²) in [5.41, 5.74) is 4.32. The van der Waals surface area contributed by atoms with Gasteiger partial charge in [-0.3, -0.25) is 0 Å². The number of hydrogen-bond acceptors (Lipinski definition) is 8. The van der Waals surface area contributed by atoms with E-state index in [4.69, 9.17) is 19.2 Å². The van der Waals surface area contributed by atoms with Crippen LogP contribution in [0.25, 0.3) is 11.3 Å². The fraction of sp³-hybridized carbons (Fsp3) is 0.276. The van der Waals surface area contributed by atoms with Crippen LogP contribution in [0.2, 0.25) is 0 Å². The number of fused-ring (bicyclic) bond motifs is 3. The van der Waals surface area contributed by atoms with Crippen LogP contribution in [-0.4, -0.2) is 27.5 Å². The third kappa shape index (κ3) is 6.05. The minimum Gasteiger partial charge on any atom is -0.490 e. The van der Waals surface area contributed by atoms with Crippen LogP contribution in [0.15, 0.2) is 76.4 Å². The number of nitrogens with zero attached hydrogens (tertiary/aromatic N) is 3. The predicted molar refractivity (Wildman–Crippen MR) is 154 cm³/mol. The van der Waals surface area contributed by atoms with Crippen molar-refractivity contribution in [2.75, 3.05) is 17.7 Å². The number of benzene rings is 3. The molecule has 0 fully saturated rings. The zero-order chi connectivity index (χ0) is 26.3. The molecule has 1 aromatic heterocycles.